The van der Waals surface area contributed by atoms with Gasteiger partial charge in [0.25, 0.3) is 0 Å². The van der Waals surface area contributed by atoms with Crippen molar-refractivity contribution < 1.29 is 9.84 Å². The molecule has 6 aliphatic carbocycles. The Hall–Kier alpha value is -1.12. The van der Waals surface area contributed by atoms with Gasteiger partial charge in [-0.3, -0.25) is 0 Å². The summed E-state index contributed by atoms with van der Waals surface area (Å²) in [5.74, 6) is 5.08. The number of aliphatic hydroxyl groups is 1. The van der Waals surface area contributed by atoms with E-state index in [1.54, 1.807) is 22.3 Å². The molecule has 1 N–H and O–H groups in total. The van der Waals surface area contributed by atoms with E-state index in [2.05, 4.69) is 128 Å². The molecule has 0 radical (unpaired) electrons. The van der Waals surface area contributed by atoms with Gasteiger partial charge in [-0.25, -0.2) is 0 Å². The highest BCUT2D eigenvalue weighted by Gasteiger charge is 2.52. The molecule has 2 heteroatoms. The Morgan fingerprint density at radius 2 is 0.910 bits per heavy atom. The fraction of sp³-hybridized carbons (Fsp3) is 0.877. The molecule has 7 fully saturated rings. The summed E-state index contributed by atoms with van der Waals surface area (Å²) in [4.78, 5) is 0. The number of rotatable bonds is 11. The minimum absolute atomic E-state index is 0.435. The monoisotopic (exact) mass is 927 g/mol. The minimum Gasteiger partial charge on any atom is -0.390 e. The number of hydrogen-bond donors (Lipinski definition) is 1. The van der Waals surface area contributed by atoms with Crippen LogP contribution >= 0.6 is 0 Å². The van der Waals surface area contributed by atoms with Crippen molar-refractivity contribution >= 4 is 0 Å². The average Bonchev–Trinajstić information content (AvgIpc) is 3.93. The Labute approximate surface area is 418 Å². The molecule has 7 aliphatic rings. The Morgan fingerprint density at radius 3 is 1.24 bits per heavy atom. The van der Waals surface area contributed by atoms with Crippen LogP contribution in [-0.4, -0.2) is 23.9 Å². The normalized spacial score (nSPS) is 34.3. The second-order valence-corrected chi connectivity index (χ2v) is 30.5. The van der Waals surface area contributed by atoms with Crippen molar-refractivity contribution in [3.05, 3.63) is 46.6 Å². The Bertz CT molecular complexity index is 1530. The van der Waals surface area contributed by atoms with Crippen LogP contribution in [0.4, 0.5) is 0 Å². The van der Waals surface area contributed by atoms with Crippen molar-refractivity contribution in [2.75, 3.05) is 13.2 Å². The van der Waals surface area contributed by atoms with Crippen LogP contribution in [0, 0.1) is 73.4 Å². The predicted octanol–water partition coefficient (Wildman–Crippen LogP) is 19.8. The van der Waals surface area contributed by atoms with Gasteiger partial charge in [-0.15, -0.1) is 0 Å². The smallest absolute Gasteiger partial charge is 0.0591 e. The van der Waals surface area contributed by atoms with Gasteiger partial charge in [0.05, 0.1) is 5.60 Å². The Balaban J connectivity index is 0.000000226. The maximum Gasteiger partial charge on any atom is 0.0591 e. The van der Waals surface area contributed by atoms with E-state index < -0.39 is 5.60 Å². The van der Waals surface area contributed by atoms with E-state index in [1.807, 2.05) is 13.8 Å². The molecule has 6 saturated carbocycles. The van der Waals surface area contributed by atoms with E-state index >= 15 is 0 Å². The zero-order chi connectivity index (χ0) is 49.7. The van der Waals surface area contributed by atoms with Gasteiger partial charge in [-0.05, 0) is 216 Å². The number of allylic oxidation sites excluding steroid dienone is 8. The molecule has 1 aliphatic heterocycles. The van der Waals surface area contributed by atoms with E-state index in [0.29, 0.717) is 37.9 Å². The highest BCUT2D eigenvalue weighted by molar-refractivity contribution is 5.28. The van der Waals surface area contributed by atoms with Crippen molar-refractivity contribution in [3.63, 3.8) is 0 Å². The highest BCUT2D eigenvalue weighted by Crippen LogP contribution is 2.62. The standard InChI is InChI=1S/C31H54.C30H52O.C4H8O/c1-23(12-10-18-28(2,3)4)26-16-17-27-25(13-11-19-31(26,27)9)15-14-24-20-29(5,6)22-30(7,8)21-24;1-22(11-9-17-29(6,7)31)25-15-16-26-24(12-10-18-30(25,26)8)14-13-23-19-27(2,3)21-28(4,5)20-23;1-2-4-5-3-1/h14-15,23,26-27H,10-13,16-22H2,1-9H3;13-14,22,25-26,31H,9-12,15-21H2,1-8H3;1-4H2/b25-15+;24-14+;/t23-,26-,27+,31-;22-,25-,26+,30-;/m11./s1. The topological polar surface area (TPSA) is 29.5 Å². The van der Waals surface area contributed by atoms with Crippen LogP contribution in [0.25, 0.3) is 0 Å². The summed E-state index contributed by atoms with van der Waals surface area (Å²) in [7, 11) is 0. The molecule has 0 aromatic rings. The fourth-order valence-electron chi connectivity index (χ4n) is 17.3. The lowest BCUT2D eigenvalue weighted by Gasteiger charge is -2.44. The van der Waals surface area contributed by atoms with E-state index in [1.165, 1.54) is 141 Å². The van der Waals surface area contributed by atoms with E-state index in [-0.39, 0.29) is 0 Å². The van der Waals surface area contributed by atoms with Crippen molar-refractivity contribution in [1.29, 1.82) is 0 Å². The Kier molecular flexibility index (Phi) is 19.3. The molecule has 8 atom stereocenters. The highest BCUT2D eigenvalue weighted by atomic mass is 16.5. The van der Waals surface area contributed by atoms with Crippen LogP contribution in [0.1, 0.15) is 272 Å². The lowest BCUT2D eigenvalue weighted by Crippen LogP contribution is -2.36. The van der Waals surface area contributed by atoms with Crippen LogP contribution in [0.3, 0.4) is 0 Å². The van der Waals surface area contributed by atoms with Crippen molar-refractivity contribution in [3.8, 4) is 0 Å². The van der Waals surface area contributed by atoms with Crippen molar-refractivity contribution in [2.45, 2.75) is 277 Å². The molecule has 67 heavy (non-hydrogen) atoms. The molecule has 2 nitrogen and oxygen atoms in total. The van der Waals surface area contributed by atoms with Gasteiger partial charge in [-0.1, -0.05) is 176 Å². The van der Waals surface area contributed by atoms with Gasteiger partial charge in [-0.2, -0.15) is 0 Å². The quantitative estimate of drug-likeness (QED) is 0.224. The van der Waals surface area contributed by atoms with Gasteiger partial charge >= 0.3 is 0 Å². The molecule has 0 amide bonds. The summed E-state index contributed by atoms with van der Waals surface area (Å²) in [6.45, 7) is 43.1. The number of ether oxygens (including phenoxy) is 1. The van der Waals surface area contributed by atoms with Gasteiger partial charge in [0.1, 0.15) is 0 Å². The van der Waals surface area contributed by atoms with Crippen LogP contribution < -0.4 is 0 Å². The maximum absolute atomic E-state index is 10.1. The van der Waals surface area contributed by atoms with E-state index in [9.17, 15) is 5.11 Å². The Morgan fingerprint density at radius 1 is 0.537 bits per heavy atom. The third-order valence-corrected chi connectivity index (χ3v) is 19.1. The van der Waals surface area contributed by atoms with Crippen LogP contribution in [0.2, 0.25) is 0 Å². The SMILES string of the molecule is C1CCOC1.C[C@H](CCCC(C)(C)C)[C@H]1CC[C@H]2/C(=C/C=C3CC(C)(C)CC(C)(C)C3)CCC[C@]12C.C[C@H](CCCC(C)(C)O)[C@H]1CC[C@H]2/C(=C/C=C3CC(C)(C)CC(C)(C)C3)CCC[C@]12C. The summed E-state index contributed by atoms with van der Waals surface area (Å²) in [5.41, 5.74) is 9.71. The first-order chi connectivity index (χ1) is 30.9. The van der Waals surface area contributed by atoms with Crippen molar-refractivity contribution in [1.82, 2.24) is 0 Å². The largest absolute Gasteiger partial charge is 0.390 e. The van der Waals surface area contributed by atoms with Gasteiger partial charge in [0.15, 0.2) is 0 Å². The molecule has 0 aromatic carbocycles. The lowest BCUT2D eigenvalue weighted by atomic mass is 9.60. The fourth-order valence-corrected chi connectivity index (χ4v) is 17.3. The maximum atomic E-state index is 10.1. The molecule has 1 heterocycles. The first-order valence-corrected chi connectivity index (χ1v) is 29.0. The summed E-state index contributed by atoms with van der Waals surface area (Å²) in [6.07, 6.45) is 42.2. The molecule has 0 bridgehead atoms. The predicted molar refractivity (Wildman–Crippen MR) is 293 cm³/mol. The second kappa shape index (κ2) is 22.7. The molecular formula is C65H114O2. The first kappa shape index (κ1) is 56.8. The number of hydrogen-bond acceptors (Lipinski definition) is 2. The lowest BCUT2D eigenvalue weighted by molar-refractivity contribution is 0.0596. The third-order valence-electron chi connectivity index (χ3n) is 19.1. The average molecular weight is 928 g/mol. The first-order valence-electron chi connectivity index (χ1n) is 29.0. The molecular weight excluding hydrogens is 813 g/mol. The van der Waals surface area contributed by atoms with Gasteiger partial charge in [0.2, 0.25) is 0 Å². The second-order valence-electron chi connectivity index (χ2n) is 30.5. The summed E-state index contributed by atoms with van der Waals surface area (Å²) in [6, 6.07) is 0. The summed E-state index contributed by atoms with van der Waals surface area (Å²) in [5, 5.41) is 10.1. The van der Waals surface area contributed by atoms with Crippen molar-refractivity contribution in [2.24, 2.45) is 73.4 Å². The summed E-state index contributed by atoms with van der Waals surface area (Å²) < 4.78 is 4.94. The molecule has 0 aromatic heterocycles. The van der Waals surface area contributed by atoms with Gasteiger partial charge in [0, 0.05) is 13.2 Å². The molecule has 386 valence electrons. The van der Waals surface area contributed by atoms with Gasteiger partial charge < -0.3 is 9.84 Å². The molecule has 7 rings (SSSR count). The molecule has 0 unspecified atom stereocenters. The van der Waals surface area contributed by atoms with E-state index in [0.717, 1.165) is 61.6 Å². The zero-order valence-electron chi connectivity index (χ0n) is 48.0. The van der Waals surface area contributed by atoms with E-state index in [4.69, 9.17) is 4.74 Å². The van der Waals surface area contributed by atoms with Crippen LogP contribution in [0.5, 0.6) is 0 Å². The third kappa shape index (κ3) is 16.7. The summed E-state index contributed by atoms with van der Waals surface area (Å²) >= 11 is 0. The number of fused-ring (bicyclic) bond motifs is 2. The minimum atomic E-state index is -0.516. The zero-order valence-corrected chi connectivity index (χ0v) is 48.0. The van der Waals surface area contributed by atoms with Crippen LogP contribution in [-0.2, 0) is 4.74 Å². The molecule has 1 saturated heterocycles. The molecule has 0 spiro atoms. The van der Waals surface area contributed by atoms with Crippen LogP contribution in [0.15, 0.2) is 46.6 Å².